The van der Waals surface area contributed by atoms with E-state index in [1.165, 1.54) is 6.42 Å². The van der Waals surface area contributed by atoms with Crippen LogP contribution in [0.5, 0.6) is 0 Å². The molecular formula is C14H25N5. The SMILES string of the molecule is CNC1CCN(c2cc(NCC(C)C)nc(C)n2)C1. The lowest BCUT2D eigenvalue weighted by Crippen LogP contribution is -2.30. The molecule has 0 amide bonds. The highest BCUT2D eigenvalue weighted by Crippen LogP contribution is 2.20. The molecule has 0 bridgehead atoms. The van der Waals surface area contributed by atoms with Crippen molar-refractivity contribution in [2.45, 2.75) is 33.2 Å². The van der Waals surface area contributed by atoms with Crippen LogP contribution in [-0.2, 0) is 0 Å². The molecular weight excluding hydrogens is 238 g/mol. The second kappa shape index (κ2) is 6.19. The summed E-state index contributed by atoms with van der Waals surface area (Å²) >= 11 is 0. The van der Waals surface area contributed by atoms with Crippen molar-refractivity contribution < 1.29 is 0 Å². The quantitative estimate of drug-likeness (QED) is 0.846. The van der Waals surface area contributed by atoms with E-state index in [4.69, 9.17) is 0 Å². The molecule has 1 atom stereocenters. The molecule has 2 N–H and O–H groups in total. The fourth-order valence-electron chi connectivity index (χ4n) is 2.32. The molecule has 2 heterocycles. The van der Waals surface area contributed by atoms with Gasteiger partial charge in [-0.05, 0) is 26.3 Å². The molecule has 1 aliphatic heterocycles. The molecule has 1 aromatic rings. The van der Waals surface area contributed by atoms with Gasteiger partial charge >= 0.3 is 0 Å². The molecule has 1 aromatic heterocycles. The maximum Gasteiger partial charge on any atom is 0.134 e. The summed E-state index contributed by atoms with van der Waals surface area (Å²) in [5.74, 6) is 3.41. The zero-order valence-corrected chi connectivity index (χ0v) is 12.4. The number of likely N-dealkylation sites (N-methyl/N-ethyl adjacent to an activating group) is 1. The zero-order valence-electron chi connectivity index (χ0n) is 12.4. The highest BCUT2D eigenvalue weighted by Gasteiger charge is 2.22. The van der Waals surface area contributed by atoms with Crippen LogP contribution < -0.4 is 15.5 Å². The van der Waals surface area contributed by atoms with Gasteiger partial charge < -0.3 is 15.5 Å². The lowest BCUT2D eigenvalue weighted by Gasteiger charge is -2.19. The van der Waals surface area contributed by atoms with E-state index >= 15 is 0 Å². The van der Waals surface area contributed by atoms with Crippen LogP contribution >= 0.6 is 0 Å². The van der Waals surface area contributed by atoms with E-state index in [9.17, 15) is 0 Å². The third-order valence-corrected chi connectivity index (χ3v) is 3.44. The van der Waals surface area contributed by atoms with Gasteiger partial charge in [-0.3, -0.25) is 0 Å². The summed E-state index contributed by atoms with van der Waals surface area (Å²) in [5, 5.41) is 6.71. The first-order valence-electron chi connectivity index (χ1n) is 7.10. The number of hydrogen-bond donors (Lipinski definition) is 2. The van der Waals surface area contributed by atoms with Gasteiger partial charge in [-0.25, -0.2) is 9.97 Å². The van der Waals surface area contributed by atoms with E-state index in [2.05, 4.69) is 45.4 Å². The number of aryl methyl sites for hydroxylation is 1. The Morgan fingerprint density at radius 2 is 2.21 bits per heavy atom. The smallest absolute Gasteiger partial charge is 0.134 e. The highest BCUT2D eigenvalue weighted by atomic mass is 15.2. The summed E-state index contributed by atoms with van der Waals surface area (Å²) in [5.41, 5.74) is 0. The van der Waals surface area contributed by atoms with Crippen LogP contribution in [0.1, 0.15) is 26.1 Å². The molecule has 1 unspecified atom stereocenters. The summed E-state index contributed by atoms with van der Waals surface area (Å²) in [6, 6.07) is 2.63. The van der Waals surface area contributed by atoms with Crippen molar-refractivity contribution in [2.24, 2.45) is 5.92 Å². The van der Waals surface area contributed by atoms with Gasteiger partial charge in [0.25, 0.3) is 0 Å². The largest absolute Gasteiger partial charge is 0.370 e. The molecule has 106 valence electrons. The highest BCUT2D eigenvalue weighted by molar-refractivity contribution is 5.50. The van der Waals surface area contributed by atoms with Gasteiger partial charge in [0.05, 0.1) is 0 Å². The van der Waals surface area contributed by atoms with Gasteiger partial charge in [-0.15, -0.1) is 0 Å². The monoisotopic (exact) mass is 263 g/mol. The van der Waals surface area contributed by atoms with Gasteiger partial charge in [-0.2, -0.15) is 0 Å². The minimum absolute atomic E-state index is 0.572. The molecule has 5 heteroatoms. The number of aromatic nitrogens is 2. The van der Waals surface area contributed by atoms with Crippen LogP contribution in [0, 0.1) is 12.8 Å². The Bertz CT molecular complexity index is 418. The van der Waals surface area contributed by atoms with Crippen LogP contribution in [0.4, 0.5) is 11.6 Å². The first kappa shape index (κ1) is 14.1. The second-order valence-corrected chi connectivity index (χ2v) is 5.65. The molecule has 0 aromatic carbocycles. The molecule has 1 aliphatic rings. The van der Waals surface area contributed by atoms with E-state index in [0.29, 0.717) is 12.0 Å². The molecule has 1 fully saturated rings. The summed E-state index contributed by atoms with van der Waals surface area (Å²) in [6.07, 6.45) is 1.17. The maximum absolute atomic E-state index is 4.56. The maximum atomic E-state index is 4.56. The molecule has 5 nitrogen and oxygen atoms in total. The van der Waals surface area contributed by atoms with Crippen molar-refractivity contribution in [3.8, 4) is 0 Å². The first-order chi connectivity index (χ1) is 9.08. The molecule has 0 saturated carbocycles. The van der Waals surface area contributed by atoms with E-state index in [1.807, 2.05) is 14.0 Å². The standard InChI is InChI=1S/C14H25N5/c1-10(2)8-16-13-7-14(18-11(3)17-13)19-6-5-12(9-19)15-4/h7,10,12,15H,5-6,8-9H2,1-4H3,(H,16,17,18). The fraction of sp³-hybridized carbons (Fsp3) is 0.714. The van der Waals surface area contributed by atoms with Gasteiger partial charge in [0.15, 0.2) is 0 Å². The van der Waals surface area contributed by atoms with Crippen molar-refractivity contribution in [1.29, 1.82) is 0 Å². The minimum Gasteiger partial charge on any atom is -0.370 e. The summed E-state index contributed by atoms with van der Waals surface area (Å²) in [6.45, 7) is 9.37. The Morgan fingerprint density at radius 3 is 2.84 bits per heavy atom. The Labute approximate surface area is 115 Å². The van der Waals surface area contributed by atoms with Gasteiger partial charge in [-0.1, -0.05) is 13.8 Å². The third-order valence-electron chi connectivity index (χ3n) is 3.44. The van der Waals surface area contributed by atoms with Crippen molar-refractivity contribution >= 4 is 11.6 Å². The zero-order chi connectivity index (χ0) is 13.8. The number of anilines is 2. The van der Waals surface area contributed by atoms with E-state index < -0.39 is 0 Å². The van der Waals surface area contributed by atoms with Crippen molar-refractivity contribution in [2.75, 3.05) is 36.9 Å². The normalized spacial score (nSPS) is 19.2. The van der Waals surface area contributed by atoms with Crippen LogP contribution in [0.15, 0.2) is 6.07 Å². The average molecular weight is 263 g/mol. The molecule has 0 aliphatic carbocycles. The van der Waals surface area contributed by atoms with Crippen LogP contribution in [0.25, 0.3) is 0 Å². The topological polar surface area (TPSA) is 53.1 Å². The van der Waals surface area contributed by atoms with Crippen LogP contribution in [0.2, 0.25) is 0 Å². The number of nitrogens with zero attached hydrogens (tertiary/aromatic N) is 3. The Kier molecular flexibility index (Phi) is 4.58. The predicted molar refractivity (Wildman–Crippen MR) is 79.8 cm³/mol. The summed E-state index contributed by atoms with van der Waals surface area (Å²) in [7, 11) is 2.02. The molecule has 0 radical (unpaired) electrons. The Hall–Kier alpha value is -1.36. The predicted octanol–water partition coefficient (Wildman–Crippen LogP) is 1.65. The minimum atomic E-state index is 0.572. The fourth-order valence-corrected chi connectivity index (χ4v) is 2.32. The van der Waals surface area contributed by atoms with Crippen LogP contribution in [0.3, 0.4) is 0 Å². The van der Waals surface area contributed by atoms with Crippen molar-refractivity contribution in [3.05, 3.63) is 11.9 Å². The number of nitrogens with one attached hydrogen (secondary N) is 2. The lowest BCUT2D eigenvalue weighted by molar-refractivity contribution is 0.616. The van der Waals surface area contributed by atoms with Gasteiger partial charge in [0.1, 0.15) is 17.5 Å². The van der Waals surface area contributed by atoms with E-state index in [1.54, 1.807) is 0 Å². The molecule has 19 heavy (non-hydrogen) atoms. The second-order valence-electron chi connectivity index (χ2n) is 5.65. The van der Waals surface area contributed by atoms with Crippen molar-refractivity contribution in [1.82, 2.24) is 15.3 Å². The summed E-state index contributed by atoms with van der Waals surface area (Å²) < 4.78 is 0. The summed E-state index contributed by atoms with van der Waals surface area (Å²) in [4.78, 5) is 11.3. The molecule has 2 rings (SSSR count). The first-order valence-corrected chi connectivity index (χ1v) is 7.10. The number of hydrogen-bond acceptors (Lipinski definition) is 5. The van der Waals surface area contributed by atoms with E-state index in [-0.39, 0.29) is 0 Å². The van der Waals surface area contributed by atoms with Gasteiger partial charge in [0.2, 0.25) is 0 Å². The number of rotatable bonds is 5. The van der Waals surface area contributed by atoms with Crippen LogP contribution in [-0.4, -0.2) is 42.7 Å². The Morgan fingerprint density at radius 1 is 1.42 bits per heavy atom. The lowest BCUT2D eigenvalue weighted by atomic mass is 10.2. The molecule has 0 spiro atoms. The van der Waals surface area contributed by atoms with Crippen molar-refractivity contribution in [3.63, 3.8) is 0 Å². The Balaban J connectivity index is 2.08. The average Bonchev–Trinajstić information content (AvgIpc) is 2.84. The third kappa shape index (κ3) is 3.80. The molecule has 1 saturated heterocycles. The van der Waals surface area contributed by atoms with Gasteiger partial charge in [0, 0.05) is 31.7 Å². The van der Waals surface area contributed by atoms with E-state index in [0.717, 1.165) is 37.1 Å².